The maximum absolute atomic E-state index is 9.15. The number of ether oxygens (including phenoxy) is 1. The molecule has 0 spiro atoms. The van der Waals surface area contributed by atoms with Gasteiger partial charge in [0.25, 0.3) is 0 Å². The number of nitrogens with one attached hydrogen (secondary N) is 2. The molecule has 0 unspecified atom stereocenters. The molecule has 0 radical (unpaired) electrons. The molecule has 2 aromatic rings. The normalized spacial score (nSPS) is 18.5. The van der Waals surface area contributed by atoms with E-state index in [-0.39, 0.29) is 30.2 Å². The van der Waals surface area contributed by atoms with Gasteiger partial charge in [-0.1, -0.05) is 56.3 Å². The minimum atomic E-state index is -0.172. The second kappa shape index (κ2) is 12.2. The first-order valence-corrected chi connectivity index (χ1v) is 10.1. The van der Waals surface area contributed by atoms with Crippen LogP contribution in [0.1, 0.15) is 55.8 Å². The van der Waals surface area contributed by atoms with E-state index in [9.17, 15) is 0 Å². The number of halogens is 2. The summed E-state index contributed by atoms with van der Waals surface area (Å²) in [4.78, 5) is 0. The standard InChI is InChI=1S/C24H31N3O.2ClH/c1-24(2,13-14-25)20-11-12-22(28-3)19(16-20)17-27-21-10-7-15-26-23(21)18-8-5-4-6-9-18;;/h4-6,8-9,11-12,16,21,23,26-27H,7,10,13,15,17H2,1-3H3;2*1H/t21-,23-;;/m0../s1. The lowest BCUT2D eigenvalue weighted by Gasteiger charge is -2.34. The van der Waals surface area contributed by atoms with E-state index in [4.69, 9.17) is 10.00 Å². The van der Waals surface area contributed by atoms with Crippen molar-refractivity contribution < 1.29 is 4.74 Å². The highest BCUT2D eigenvalue weighted by molar-refractivity contribution is 5.85. The van der Waals surface area contributed by atoms with Gasteiger partial charge < -0.3 is 15.4 Å². The molecule has 6 heteroatoms. The molecular weight excluding hydrogens is 417 g/mol. The van der Waals surface area contributed by atoms with E-state index in [1.54, 1.807) is 7.11 Å². The fraction of sp³-hybridized carbons (Fsp3) is 0.458. The molecule has 4 nitrogen and oxygen atoms in total. The van der Waals surface area contributed by atoms with Crippen LogP contribution in [-0.4, -0.2) is 19.7 Å². The second-order valence-electron chi connectivity index (χ2n) is 8.22. The number of hydrogen-bond donors (Lipinski definition) is 2. The van der Waals surface area contributed by atoms with Gasteiger partial charge in [-0.15, -0.1) is 24.8 Å². The number of rotatable bonds is 7. The van der Waals surface area contributed by atoms with Crippen LogP contribution in [-0.2, 0) is 12.0 Å². The van der Waals surface area contributed by atoms with Crippen LogP contribution in [0.4, 0.5) is 0 Å². The minimum absolute atomic E-state index is 0. The second-order valence-corrected chi connectivity index (χ2v) is 8.22. The van der Waals surface area contributed by atoms with Crippen molar-refractivity contribution in [1.29, 1.82) is 5.26 Å². The Kier molecular flexibility index (Phi) is 10.7. The molecule has 0 saturated carbocycles. The number of methoxy groups -OCH3 is 1. The van der Waals surface area contributed by atoms with E-state index in [1.807, 2.05) is 6.07 Å². The number of piperidine rings is 1. The molecule has 30 heavy (non-hydrogen) atoms. The summed E-state index contributed by atoms with van der Waals surface area (Å²) in [6.45, 7) is 6.03. The molecule has 1 heterocycles. The Morgan fingerprint density at radius 3 is 2.57 bits per heavy atom. The number of benzene rings is 2. The lowest BCUT2D eigenvalue weighted by Crippen LogP contribution is -2.45. The number of nitrogens with zero attached hydrogens (tertiary/aromatic N) is 1. The summed E-state index contributed by atoms with van der Waals surface area (Å²) in [6, 6.07) is 20.0. The summed E-state index contributed by atoms with van der Waals surface area (Å²) >= 11 is 0. The lowest BCUT2D eigenvalue weighted by atomic mass is 9.81. The van der Waals surface area contributed by atoms with Gasteiger partial charge in [-0.3, -0.25) is 0 Å². The molecule has 0 bridgehead atoms. The number of nitriles is 1. The monoisotopic (exact) mass is 449 g/mol. The molecule has 3 rings (SSSR count). The lowest BCUT2D eigenvalue weighted by molar-refractivity contribution is 0.302. The van der Waals surface area contributed by atoms with Crippen molar-refractivity contribution in [2.24, 2.45) is 0 Å². The summed E-state index contributed by atoms with van der Waals surface area (Å²) in [5, 5.41) is 16.6. The molecule has 0 amide bonds. The molecular formula is C24H33Cl2N3O. The maximum Gasteiger partial charge on any atom is 0.123 e. The fourth-order valence-corrected chi connectivity index (χ4v) is 4.00. The average Bonchev–Trinajstić information content (AvgIpc) is 2.73. The molecule has 1 aliphatic heterocycles. The molecule has 2 N–H and O–H groups in total. The van der Waals surface area contributed by atoms with E-state index >= 15 is 0 Å². The SMILES string of the molecule is COc1ccc(C(C)(C)CC#N)cc1CN[C@H]1CCCN[C@H]1c1ccccc1.Cl.Cl. The molecule has 1 fully saturated rings. The third-order valence-corrected chi connectivity index (χ3v) is 5.75. The van der Waals surface area contributed by atoms with Crippen LogP contribution >= 0.6 is 24.8 Å². The van der Waals surface area contributed by atoms with Crippen molar-refractivity contribution in [3.05, 3.63) is 65.2 Å². The topological polar surface area (TPSA) is 57.1 Å². The van der Waals surface area contributed by atoms with Crippen LogP contribution in [0, 0.1) is 11.3 Å². The largest absolute Gasteiger partial charge is 0.496 e. The first kappa shape index (κ1) is 26.3. The van der Waals surface area contributed by atoms with Gasteiger partial charge in [-0.05, 0) is 36.6 Å². The zero-order valence-electron chi connectivity index (χ0n) is 18.0. The quantitative estimate of drug-likeness (QED) is 0.600. The van der Waals surface area contributed by atoms with E-state index in [0.717, 1.165) is 30.8 Å². The van der Waals surface area contributed by atoms with Gasteiger partial charge >= 0.3 is 0 Å². The van der Waals surface area contributed by atoms with Gasteiger partial charge in [0.2, 0.25) is 0 Å². The smallest absolute Gasteiger partial charge is 0.123 e. The summed E-state index contributed by atoms with van der Waals surface area (Å²) in [6.07, 6.45) is 2.82. The Morgan fingerprint density at radius 1 is 1.17 bits per heavy atom. The Bertz CT molecular complexity index is 821. The van der Waals surface area contributed by atoms with Gasteiger partial charge in [0, 0.05) is 36.0 Å². The first-order chi connectivity index (χ1) is 13.5. The van der Waals surface area contributed by atoms with Gasteiger partial charge in [0.15, 0.2) is 0 Å². The van der Waals surface area contributed by atoms with Gasteiger partial charge in [-0.2, -0.15) is 5.26 Å². The van der Waals surface area contributed by atoms with Crippen LogP contribution < -0.4 is 15.4 Å². The van der Waals surface area contributed by atoms with E-state index < -0.39 is 0 Å². The number of hydrogen-bond acceptors (Lipinski definition) is 4. The highest BCUT2D eigenvalue weighted by atomic mass is 35.5. The predicted octanol–water partition coefficient (Wildman–Crippen LogP) is 5.31. The van der Waals surface area contributed by atoms with Gasteiger partial charge in [0.1, 0.15) is 5.75 Å². The third kappa shape index (κ3) is 6.36. The van der Waals surface area contributed by atoms with Gasteiger partial charge in [0.05, 0.1) is 13.2 Å². The summed E-state index contributed by atoms with van der Waals surface area (Å²) < 4.78 is 5.60. The molecule has 1 saturated heterocycles. The van der Waals surface area contributed by atoms with Crippen molar-refractivity contribution >= 4 is 24.8 Å². The van der Waals surface area contributed by atoms with Crippen LogP contribution in [0.3, 0.4) is 0 Å². The van der Waals surface area contributed by atoms with Crippen LogP contribution in [0.2, 0.25) is 0 Å². The van der Waals surface area contributed by atoms with Crippen molar-refractivity contribution in [1.82, 2.24) is 10.6 Å². The summed E-state index contributed by atoms with van der Waals surface area (Å²) in [5.74, 6) is 0.893. The minimum Gasteiger partial charge on any atom is -0.496 e. The Morgan fingerprint density at radius 2 is 1.90 bits per heavy atom. The summed E-state index contributed by atoms with van der Waals surface area (Å²) in [7, 11) is 1.72. The van der Waals surface area contributed by atoms with Crippen LogP contribution in [0.5, 0.6) is 5.75 Å². The molecule has 2 atom stereocenters. The predicted molar refractivity (Wildman–Crippen MR) is 128 cm³/mol. The molecule has 0 aliphatic carbocycles. The van der Waals surface area contributed by atoms with E-state index in [2.05, 4.69) is 73.0 Å². The van der Waals surface area contributed by atoms with Crippen LogP contribution in [0.15, 0.2) is 48.5 Å². The van der Waals surface area contributed by atoms with Crippen molar-refractivity contribution in [3.63, 3.8) is 0 Å². The Balaban J connectivity index is 0.00000225. The Hall–Kier alpha value is -1.77. The van der Waals surface area contributed by atoms with Crippen LogP contribution in [0.25, 0.3) is 0 Å². The molecule has 0 aromatic heterocycles. The molecule has 164 valence electrons. The van der Waals surface area contributed by atoms with Crippen molar-refractivity contribution in [2.75, 3.05) is 13.7 Å². The maximum atomic E-state index is 9.15. The average molecular weight is 450 g/mol. The fourth-order valence-electron chi connectivity index (χ4n) is 4.00. The third-order valence-electron chi connectivity index (χ3n) is 5.75. The van der Waals surface area contributed by atoms with Gasteiger partial charge in [-0.25, -0.2) is 0 Å². The zero-order valence-corrected chi connectivity index (χ0v) is 19.6. The Labute approximate surface area is 193 Å². The highest BCUT2D eigenvalue weighted by Gasteiger charge is 2.26. The van der Waals surface area contributed by atoms with E-state index in [1.165, 1.54) is 17.5 Å². The van der Waals surface area contributed by atoms with E-state index in [0.29, 0.717) is 18.5 Å². The highest BCUT2D eigenvalue weighted by Crippen LogP contribution is 2.31. The zero-order chi connectivity index (χ0) is 20.0. The molecule has 2 aromatic carbocycles. The summed E-state index contributed by atoms with van der Waals surface area (Å²) in [5.41, 5.74) is 3.47. The first-order valence-electron chi connectivity index (χ1n) is 10.1. The van der Waals surface area contributed by atoms with Crippen molar-refractivity contribution in [2.45, 2.75) is 57.2 Å². The van der Waals surface area contributed by atoms with Crippen molar-refractivity contribution in [3.8, 4) is 11.8 Å². The molecule has 1 aliphatic rings.